The van der Waals surface area contributed by atoms with Gasteiger partial charge < -0.3 is 15.1 Å². The number of nitrogens with one attached hydrogen (secondary N) is 2. The molecule has 3 aromatic carbocycles. The van der Waals surface area contributed by atoms with Crippen LogP contribution in [0, 0.1) is 0 Å². The van der Waals surface area contributed by atoms with Gasteiger partial charge in [-0.3, -0.25) is 14.4 Å². The third kappa shape index (κ3) is 5.79. The first-order chi connectivity index (χ1) is 18.1. The zero-order chi connectivity index (χ0) is 25.6. The molecule has 8 nitrogen and oxygen atoms in total. The van der Waals surface area contributed by atoms with Crippen molar-refractivity contribution in [1.82, 2.24) is 5.32 Å². The second-order valence-corrected chi connectivity index (χ2v) is 9.30. The van der Waals surface area contributed by atoms with Crippen LogP contribution in [0.4, 0.5) is 11.4 Å². The van der Waals surface area contributed by atoms with Gasteiger partial charge in [0.1, 0.15) is 11.1 Å². The van der Waals surface area contributed by atoms with Crippen molar-refractivity contribution in [3.05, 3.63) is 115 Å². The number of hydrogen-bond acceptors (Lipinski definition) is 6. The Hall–Kier alpha value is -4.63. The molecule has 1 unspecified atom stereocenters. The van der Waals surface area contributed by atoms with Crippen LogP contribution in [0.1, 0.15) is 27.8 Å². The maximum atomic E-state index is 13.4. The standard InChI is InChI=1S/C28H22N4O4S/c33-25-18-24(31-32(25)21-10-5-2-6-11-21)30-28(35)26(19-8-3-1-4-9-19)37-22-15-13-20(14-16-22)29-27(34)23-12-7-17-36-23/h1-17,26H,18H2,(H,29,34)(H,30,31,35). The zero-order valence-corrected chi connectivity index (χ0v) is 20.4. The fraction of sp³-hybridized carbons (Fsp3) is 0.0714. The smallest absolute Gasteiger partial charge is 0.291 e. The van der Waals surface area contributed by atoms with Gasteiger partial charge in [-0.05, 0) is 54.1 Å². The molecule has 0 saturated carbocycles. The van der Waals surface area contributed by atoms with Crippen molar-refractivity contribution >= 4 is 46.7 Å². The molecule has 2 N–H and O–H groups in total. The second kappa shape index (κ2) is 11.0. The Bertz CT molecular complexity index is 1420. The van der Waals surface area contributed by atoms with Gasteiger partial charge in [0.15, 0.2) is 5.76 Å². The highest BCUT2D eigenvalue weighted by molar-refractivity contribution is 8.00. The van der Waals surface area contributed by atoms with Gasteiger partial charge in [-0.25, -0.2) is 0 Å². The van der Waals surface area contributed by atoms with Gasteiger partial charge in [-0.15, -0.1) is 11.8 Å². The maximum absolute atomic E-state index is 13.4. The molecule has 184 valence electrons. The number of carbonyl (C=O) groups is 3. The minimum absolute atomic E-state index is 0.0108. The number of amides is 3. The largest absolute Gasteiger partial charge is 0.459 e. The van der Waals surface area contributed by atoms with Crippen molar-refractivity contribution in [3.8, 4) is 0 Å². The lowest BCUT2D eigenvalue weighted by Gasteiger charge is -2.17. The lowest BCUT2D eigenvalue weighted by atomic mass is 10.1. The first kappa shape index (κ1) is 24.1. The van der Waals surface area contributed by atoms with Crippen molar-refractivity contribution in [2.24, 2.45) is 5.10 Å². The Kier molecular flexibility index (Phi) is 7.14. The molecule has 5 rings (SSSR count). The van der Waals surface area contributed by atoms with E-state index in [4.69, 9.17) is 4.42 Å². The summed E-state index contributed by atoms with van der Waals surface area (Å²) in [7, 11) is 0. The molecule has 1 aliphatic rings. The fourth-order valence-electron chi connectivity index (χ4n) is 3.73. The minimum atomic E-state index is -0.590. The van der Waals surface area contributed by atoms with E-state index in [9.17, 15) is 14.4 Å². The van der Waals surface area contributed by atoms with E-state index in [2.05, 4.69) is 15.7 Å². The van der Waals surface area contributed by atoms with Gasteiger partial charge in [0.05, 0.1) is 18.4 Å². The van der Waals surface area contributed by atoms with Crippen LogP contribution < -0.4 is 15.6 Å². The molecule has 0 saturated heterocycles. The molecule has 0 bridgehead atoms. The lowest BCUT2D eigenvalue weighted by molar-refractivity contribution is -0.119. The number of para-hydroxylation sites is 1. The van der Waals surface area contributed by atoms with E-state index in [1.165, 1.54) is 23.0 Å². The first-order valence-corrected chi connectivity index (χ1v) is 12.4. The van der Waals surface area contributed by atoms with E-state index >= 15 is 0 Å². The summed E-state index contributed by atoms with van der Waals surface area (Å²) in [6.07, 6.45) is 1.45. The van der Waals surface area contributed by atoms with Crippen molar-refractivity contribution in [2.45, 2.75) is 16.6 Å². The van der Waals surface area contributed by atoms with Gasteiger partial charge in [0.2, 0.25) is 5.91 Å². The number of hydrogen-bond donors (Lipinski definition) is 2. The molecular formula is C28H22N4O4S. The molecule has 4 aromatic rings. The van der Waals surface area contributed by atoms with Crippen LogP contribution in [-0.2, 0) is 9.59 Å². The average Bonchev–Trinajstić information content (AvgIpc) is 3.59. The number of carbonyl (C=O) groups excluding carboxylic acids is 3. The Balaban J connectivity index is 1.30. The third-order valence-electron chi connectivity index (χ3n) is 5.50. The molecule has 0 aliphatic carbocycles. The SMILES string of the molecule is O=C(Nc1ccc(SC(C(=O)NC2=NN(c3ccccc3)C(=O)C2)c2ccccc2)cc1)c1ccco1. The third-order valence-corrected chi connectivity index (χ3v) is 6.76. The zero-order valence-electron chi connectivity index (χ0n) is 19.5. The molecule has 1 atom stereocenters. The van der Waals surface area contributed by atoms with Crippen LogP contribution in [0.15, 0.2) is 118 Å². The van der Waals surface area contributed by atoms with Crippen LogP contribution in [0.2, 0.25) is 0 Å². The Morgan fingerprint density at radius 3 is 2.24 bits per heavy atom. The quantitative estimate of drug-likeness (QED) is 0.331. The summed E-state index contributed by atoms with van der Waals surface area (Å²) in [5.74, 6) is -0.316. The van der Waals surface area contributed by atoms with E-state index in [0.29, 0.717) is 17.2 Å². The van der Waals surface area contributed by atoms with Crippen molar-refractivity contribution in [2.75, 3.05) is 10.3 Å². The molecule has 3 amide bonds. The molecule has 2 heterocycles. The van der Waals surface area contributed by atoms with E-state index in [1.54, 1.807) is 36.4 Å². The number of nitrogens with zero attached hydrogens (tertiary/aromatic N) is 2. The Labute approximate surface area is 217 Å². The average molecular weight is 511 g/mol. The predicted octanol–water partition coefficient (Wildman–Crippen LogP) is 5.23. The van der Waals surface area contributed by atoms with Gasteiger partial charge in [-0.2, -0.15) is 10.1 Å². The molecule has 1 aliphatic heterocycles. The molecule has 0 fully saturated rings. The highest BCUT2D eigenvalue weighted by Crippen LogP contribution is 2.36. The summed E-state index contributed by atoms with van der Waals surface area (Å²) in [6.45, 7) is 0. The Morgan fingerprint density at radius 1 is 0.865 bits per heavy atom. The van der Waals surface area contributed by atoms with Gasteiger partial charge in [0, 0.05) is 10.6 Å². The molecule has 9 heteroatoms. The number of amidine groups is 1. The molecular weight excluding hydrogens is 488 g/mol. The maximum Gasteiger partial charge on any atom is 0.291 e. The Morgan fingerprint density at radius 2 is 1.57 bits per heavy atom. The van der Waals surface area contributed by atoms with E-state index in [1.807, 2.05) is 60.7 Å². The van der Waals surface area contributed by atoms with Crippen LogP contribution in [0.25, 0.3) is 0 Å². The molecule has 1 aromatic heterocycles. The summed E-state index contributed by atoms with van der Waals surface area (Å²) < 4.78 is 5.12. The topological polar surface area (TPSA) is 104 Å². The van der Waals surface area contributed by atoms with Crippen LogP contribution in [0.3, 0.4) is 0 Å². The van der Waals surface area contributed by atoms with E-state index in [-0.39, 0.29) is 29.9 Å². The lowest BCUT2D eigenvalue weighted by Crippen LogP contribution is -2.33. The monoisotopic (exact) mass is 510 g/mol. The van der Waals surface area contributed by atoms with Gasteiger partial charge in [0.25, 0.3) is 11.8 Å². The minimum Gasteiger partial charge on any atom is -0.459 e. The predicted molar refractivity (Wildman–Crippen MR) is 142 cm³/mol. The van der Waals surface area contributed by atoms with Crippen molar-refractivity contribution in [3.63, 3.8) is 0 Å². The van der Waals surface area contributed by atoms with Crippen LogP contribution >= 0.6 is 11.8 Å². The number of anilines is 2. The fourth-order valence-corrected chi connectivity index (χ4v) is 4.76. The van der Waals surface area contributed by atoms with Gasteiger partial charge in [-0.1, -0.05) is 48.5 Å². The second-order valence-electron chi connectivity index (χ2n) is 8.12. The highest BCUT2D eigenvalue weighted by atomic mass is 32.2. The molecule has 0 spiro atoms. The van der Waals surface area contributed by atoms with Gasteiger partial charge >= 0.3 is 0 Å². The van der Waals surface area contributed by atoms with Crippen molar-refractivity contribution < 1.29 is 18.8 Å². The van der Waals surface area contributed by atoms with Crippen molar-refractivity contribution in [1.29, 1.82) is 0 Å². The summed E-state index contributed by atoms with van der Waals surface area (Å²) in [5, 5.41) is 10.7. The molecule has 37 heavy (non-hydrogen) atoms. The summed E-state index contributed by atoms with van der Waals surface area (Å²) in [6, 6.07) is 28.9. The number of rotatable bonds is 7. The number of furan rings is 1. The van der Waals surface area contributed by atoms with E-state index < -0.39 is 5.25 Å². The summed E-state index contributed by atoms with van der Waals surface area (Å²) in [5.41, 5.74) is 2.06. The normalized spacial score (nSPS) is 13.7. The number of benzene rings is 3. The van der Waals surface area contributed by atoms with Crippen LogP contribution in [-0.4, -0.2) is 23.6 Å². The number of hydrazone groups is 1. The van der Waals surface area contributed by atoms with E-state index in [0.717, 1.165) is 10.5 Å². The summed E-state index contributed by atoms with van der Waals surface area (Å²) >= 11 is 1.36. The van der Waals surface area contributed by atoms with Crippen LogP contribution in [0.5, 0.6) is 0 Å². The number of thioether (sulfide) groups is 1. The molecule has 0 radical (unpaired) electrons. The summed E-state index contributed by atoms with van der Waals surface area (Å²) in [4.78, 5) is 38.9. The highest BCUT2D eigenvalue weighted by Gasteiger charge is 2.29. The first-order valence-electron chi connectivity index (χ1n) is 11.5.